The first-order chi connectivity index (χ1) is 27.5. The quantitative estimate of drug-likeness (QED) is 0.219. The molecule has 0 unspecified atom stereocenters. The van der Waals surface area contributed by atoms with Gasteiger partial charge in [0.15, 0.2) is 0 Å². The molecule has 1 heterocycles. The van der Waals surface area contributed by atoms with Crippen molar-refractivity contribution in [1.29, 1.82) is 0 Å². The van der Waals surface area contributed by atoms with E-state index in [2.05, 4.69) is 0 Å². The lowest BCUT2D eigenvalue weighted by Crippen LogP contribution is -1.92. The van der Waals surface area contributed by atoms with Gasteiger partial charge in [-0.25, -0.2) is 0 Å². The van der Waals surface area contributed by atoms with E-state index in [0.717, 1.165) is 0 Å². The highest BCUT2D eigenvalue weighted by Crippen LogP contribution is 2.47. The molecule has 172 valence electrons. The first kappa shape index (κ1) is 8.33. The maximum absolute atomic E-state index is 9.33. The molecule has 0 saturated heterocycles. The number of hydrogen-bond donors (Lipinski definition) is 0. The van der Waals surface area contributed by atoms with Crippen molar-refractivity contribution in [3.8, 4) is 22.3 Å². The average Bonchev–Trinajstić information content (AvgIpc) is 3.61. The van der Waals surface area contributed by atoms with Crippen molar-refractivity contribution in [2.45, 2.75) is 0 Å². The van der Waals surface area contributed by atoms with Crippen LogP contribution in [0.4, 0.5) is 0 Å². The van der Waals surface area contributed by atoms with Gasteiger partial charge in [-0.3, -0.25) is 0 Å². The molecule has 1 nitrogen and oxygen atoms in total. The summed E-state index contributed by atoms with van der Waals surface area (Å²) in [6.45, 7) is 0. The number of fused-ring (bicyclic) bond motifs is 6. The molecule has 7 aromatic carbocycles. The summed E-state index contributed by atoms with van der Waals surface area (Å²) in [4.78, 5) is 0. The van der Waals surface area contributed by atoms with Crippen LogP contribution in [0.1, 0.15) is 30.2 Å². The topological polar surface area (TPSA) is 13.1 Å². The fourth-order valence-electron chi connectivity index (χ4n) is 4.67. The molecule has 0 radical (unpaired) electrons. The third-order valence-electron chi connectivity index (χ3n) is 6.14. The smallest absolute Gasteiger partial charge is 0.136 e. The van der Waals surface area contributed by atoms with E-state index in [1.807, 2.05) is 0 Å². The fourth-order valence-corrected chi connectivity index (χ4v) is 4.67. The molecule has 1 aromatic heterocycles. The Morgan fingerprint density at radius 1 is 0.378 bits per heavy atom. The van der Waals surface area contributed by atoms with Crippen LogP contribution in [0, 0.1) is 0 Å². The molecule has 0 spiro atoms. The van der Waals surface area contributed by atoms with Crippen molar-refractivity contribution in [2.24, 2.45) is 0 Å². The van der Waals surface area contributed by atoms with E-state index in [0.29, 0.717) is 0 Å². The largest absolute Gasteiger partial charge is 0.456 e. The SMILES string of the molecule is [2H]c1c([2H])c([2H])c2c(oc3c([2H])c([2H])c([2H])c(-c4c5c([2H])c([2H])c([2H])c([2H])c5c(-c5c([2H])c([2H])c([2H])c6c([2H])c([2H])c([2H])c([2H])c56)c5c([2H])c([2H])c([2H])c([2H])c45)c32)c1[2H]. The molecular formula is C36H22O. The van der Waals surface area contributed by atoms with Crippen molar-refractivity contribution in [3.05, 3.63) is 133 Å². The standard InChI is InChI=1S/C36H22O/c1-2-13-24-23(11-1)12-9-19-25(24)34-26-14-3-5-16-28(26)35(29-17-6-4-15-27(29)34)31-20-10-22-33-36(31)30-18-7-8-21-32(30)37-33/h1-22H/i1D,2D,3D,4D,5D,6D,7D,8D,9D,10D,11D,12D,13D,14D,15D,16D,17D,18D,19D,20D,21D,22D. The van der Waals surface area contributed by atoms with Crippen LogP contribution in [-0.4, -0.2) is 0 Å². The zero-order valence-corrected chi connectivity index (χ0v) is 18.4. The summed E-state index contributed by atoms with van der Waals surface area (Å²) in [5.41, 5.74) is -3.50. The fraction of sp³-hybridized carbons (Fsp3) is 0. The molecule has 0 atom stereocenters. The van der Waals surface area contributed by atoms with E-state index in [4.69, 9.17) is 26.3 Å². The van der Waals surface area contributed by atoms with Crippen molar-refractivity contribution in [1.82, 2.24) is 0 Å². The monoisotopic (exact) mass is 492 g/mol. The Morgan fingerprint density at radius 2 is 0.838 bits per heavy atom. The maximum Gasteiger partial charge on any atom is 0.136 e. The summed E-state index contributed by atoms with van der Waals surface area (Å²) in [6.07, 6.45) is 0. The van der Waals surface area contributed by atoms with Gasteiger partial charge in [0.2, 0.25) is 0 Å². The minimum absolute atomic E-state index is 0.421. The summed E-state index contributed by atoms with van der Waals surface area (Å²) in [5, 5.41) is -4.52. The molecule has 0 aliphatic carbocycles. The van der Waals surface area contributed by atoms with Crippen LogP contribution < -0.4 is 0 Å². The summed E-state index contributed by atoms with van der Waals surface area (Å²) in [6, 6.07) is -18.7. The molecule has 0 amide bonds. The molecule has 0 bridgehead atoms. The molecule has 0 saturated carbocycles. The van der Waals surface area contributed by atoms with Gasteiger partial charge in [0.1, 0.15) is 11.2 Å². The van der Waals surface area contributed by atoms with Crippen LogP contribution in [0.3, 0.4) is 0 Å². The molecule has 0 N–H and O–H groups in total. The Bertz CT molecular complexity index is 3260. The number of furan rings is 1. The maximum atomic E-state index is 9.33. The molecule has 0 aliphatic rings. The minimum Gasteiger partial charge on any atom is -0.456 e. The lowest BCUT2D eigenvalue weighted by Gasteiger charge is -2.19. The van der Waals surface area contributed by atoms with Gasteiger partial charge in [0, 0.05) is 10.8 Å². The van der Waals surface area contributed by atoms with Gasteiger partial charge in [-0.2, -0.15) is 0 Å². The Hall–Kier alpha value is -4.88. The third kappa shape index (κ3) is 2.92. The number of rotatable bonds is 2. The number of hydrogen-bond acceptors (Lipinski definition) is 1. The zero-order valence-electron chi connectivity index (χ0n) is 40.4. The first-order valence-electron chi connectivity index (χ1n) is 21.9. The van der Waals surface area contributed by atoms with Gasteiger partial charge >= 0.3 is 0 Å². The Morgan fingerprint density at radius 3 is 1.54 bits per heavy atom. The van der Waals surface area contributed by atoms with Gasteiger partial charge in [0.25, 0.3) is 0 Å². The number of benzene rings is 7. The average molecular weight is 493 g/mol. The highest BCUT2D eigenvalue weighted by molar-refractivity contribution is 6.26. The summed E-state index contributed by atoms with van der Waals surface area (Å²) >= 11 is 0. The van der Waals surface area contributed by atoms with Gasteiger partial charge in [0.05, 0.1) is 30.2 Å². The van der Waals surface area contributed by atoms with Crippen molar-refractivity contribution < 1.29 is 34.6 Å². The second-order valence-corrected chi connectivity index (χ2v) is 8.01. The van der Waals surface area contributed by atoms with Gasteiger partial charge in [-0.15, -0.1) is 0 Å². The molecule has 8 aromatic rings. The lowest BCUT2D eigenvalue weighted by atomic mass is 9.84. The molecule has 37 heavy (non-hydrogen) atoms. The Kier molecular flexibility index (Phi) is 1.76. The van der Waals surface area contributed by atoms with Gasteiger partial charge in [-0.1, -0.05) is 121 Å². The second kappa shape index (κ2) is 7.81. The van der Waals surface area contributed by atoms with Crippen LogP contribution in [0.5, 0.6) is 0 Å². The van der Waals surface area contributed by atoms with E-state index in [-0.39, 0.29) is 0 Å². The highest BCUT2D eigenvalue weighted by Gasteiger charge is 2.20. The molecule has 0 fully saturated rings. The minimum atomic E-state index is -0.919. The predicted octanol–water partition coefficient (Wildman–Crippen LogP) is 10.4. The molecule has 8 rings (SSSR count). The highest BCUT2D eigenvalue weighted by atomic mass is 16.3. The van der Waals surface area contributed by atoms with Crippen LogP contribution in [-0.2, 0) is 0 Å². The van der Waals surface area contributed by atoms with Crippen LogP contribution in [0.15, 0.2) is 137 Å². The van der Waals surface area contributed by atoms with Crippen molar-refractivity contribution in [3.63, 3.8) is 0 Å². The van der Waals surface area contributed by atoms with E-state index < -0.39 is 209 Å². The van der Waals surface area contributed by atoms with Crippen LogP contribution in [0.2, 0.25) is 0 Å². The Balaban J connectivity index is 1.84. The normalized spacial score (nSPS) is 20.1. The predicted molar refractivity (Wildman–Crippen MR) is 157 cm³/mol. The lowest BCUT2D eigenvalue weighted by molar-refractivity contribution is 0.669. The molecular weight excluding hydrogens is 448 g/mol. The molecule has 0 aliphatic heterocycles. The Labute approximate surface area is 245 Å². The van der Waals surface area contributed by atoms with E-state index in [1.165, 1.54) is 0 Å². The second-order valence-electron chi connectivity index (χ2n) is 8.01. The van der Waals surface area contributed by atoms with Crippen LogP contribution in [0.25, 0.3) is 76.5 Å². The van der Waals surface area contributed by atoms with Gasteiger partial charge < -0.3 is 4.42 Å². The number of para-hydroxylation sites is 1. The van der Waals surface area contributed by atoms with E-state index in [9.17, 15) is 8.22 Å². The van der Waals surface area contributed by atoms with E-state index >= 15 is 0 Å². The summed E-state index contributed by atoms with van der Waals surface area (Å²) in [5.74, 6) is 0. The zero-order chi connectivity index (χ0) is 43.5. The van der Waals surface area contributed by atoms with Crippen molar-refractivity contribution in [2.75, 3.05) is 0 Å². The molecule has 1 heteroatoms. The van der Waals surface area contributed by atoms with Crippen LogP contribution >= 0.6 is 0 Å². The third-order valence-corrected chi connectivity index (χ3v) is 6.14. The van der Waals surface area contributed by atoms with Crippen molar-refractivity contribution >= 4 is 54.3 Å². The first-order valence-corrected chi connectivity index (χ1v) is 10.9. The van der Waals surface area contributed by atoms with E-state index in [1.54, 1.807) is 0 Å². The summed E-state index contributed by atoms with van der Waals surface area (Å²) < 4.78 is 200. The van der Waals surface area contributed by atoms with Gasteiger partial charge in [-0.05, 0) is 66.7 Å². The summed E-state index contributed by atoms with van der Waals surface area (Å²) in [7, 11) is 0.